The van der Waals surface area contributed by atoms with Crippen LogP contribution >= 0.6 is 0 Å². The zero-order valence-electron chi connectivity index (χ0n) is 16.7. The van der Waals surface area contributed by atoms with Gasteiger partial charge in [-0.1, -0.05) is 6.07 Å². The van der Waals surface area contributed by atoms with Crippen LogP contribution in [-0.4, -0.2) is 39.1 Å². The van der Waals surface area contributed by atoms with Gasteiger partial charge >= 0.3 is 0 Å². The molecule has 0 unspecified atom stereocenters. The minimum absolute atomic E-state index is 0.340. The molecule has 2 fully saturated rings. The first-order valence-electron chi connectivity index (χ1n) is 10.4. The average molecular weight is 377 g/mol. The van der Waals surface area contributed by atoms with Gasteiger partial charge in [-0.25, -0.2) is 15.0 Å². The first-order chi connectivity index (χ1) is 13.5. The van der Waals surface area contributed by atoms with Crippen LogP contribution in [0.4, 0.5) is 5.82 Å². The highest BCUT2D eigenvalue weighted by Gasteiger charge is 2.30. The van der Waals surface area contributed by atoms with Crippen molar-refractivity contribution >= 4 is 16.9 Å². The van der Waals surface area contributed by atoms with Crippen LogP contribution in [0.2, 0.25) is 0 Å². The van der Waals surface area contributed by atoms with Crippen LogP contribution in [0.15, 0.2) is 24.3 Å². The third-order valence-corrected chi connectivity index (χ3v) is 6.30. The standard InChI is InChI=1S/C22H28N6/c1-13-3-4-18-20(9-13)27-22(26-18)15-5-7-28(8-6-15)21-12-19(24-14(2)25-21)16-10-17(23)11-16/h3-4,9,12,15-17H,5-8,10-11,23H2,1-2H3,(H,26,27). The van der Waals surface area contributed by atoms with Gasteiger partial charge in [-0.15, -0.1) is 0 Å². The molecular weight excluding hydrogens is 348 g/mol. The van der Waals surface area contributed by atoms with E-state index in [0.717, 1.165) is 67.3 Å². The summed E-state index contributed by atoms with van der Waals surface area (Å²) in [5, 5.41) is 0. The largest absolute Gasteiger partial charge is 0.356 e. The maximum Gasteiger partial charge on any atom is 0.132 e. The molecule has 0 bridgehead atoms. The molecule has 1 aliphatic heterocycles. The summed E-state index contributed by atoms with van der Waals surface area (Å²) in [7, 11) is 0. The lowest BCUT2D eigenvalue weighted by Crippen LogP contribution is -2.36. The number of imidazole rings is 1. The molecule has 0 radical (unpaired) electrons. The number of aromatic amines is 1. The molecule has 0 atom stereocenters. The van der Waals surface area contributed by atoms with Gasteiger partial charge in [0.15, 0.2) is 0 Å². The number of nitrogens with one attached hydrogen (secondary N) is 1. The molecule has 6 heteroatoms. The maximum atomic E-state index is 5.97. The Morgan fingerprint density at radius 3 is 2.54 bits per heavy atom. The molecule has 1 saturated heterocycles. The Morgan fingerprint density at radius 2 is 1.79 bits per heavy atom. The number of hydrogen-bond donors (Lipinski definition) is 2. The summed E-state index contributed by atoms with van der Waals surface area (Å²) in [4.78, 5) is 20.2. The predicted molar refractivity (Wildman–Crippen MR) is 112 cm³/mol. The van der Waals surface area contributed by atoms with E-state index >= 15 is 0 Å². The number of fused-ring (bicyclic) bond motifs is 1. The van der Waals surface area contributed by atoms with Crippen LogP contribution in [0, 0.1) is 13.8 Å². The monoisotopic (exact) mass is 376 g/mol. The van der Waals surface area contributed by atoms with Gasteiger partial charge in [0.1, 0.15) is 17.5 Å². The number of anilines is 1. The number of hydrogen-bond acceptors (Lipinski definition) is 5. The van der Waals surface area contributed by atoms with Crippen molar-refractivity contribution in [1.82, 2.24) is 19.9 Å². The molecule has 146 valence electrons. The summed E-state index contributed by atoms with van der Waals surface area (Å²) < 4.78 is 0. The highest BCUT2D eigenvalue weighted by atomic mass is 15.2. The van der Waals surface area contributed by atoms with Crippen molar-refractivity contribution in [3.63, 3.8) is 0 Å². The van der Waals surface area contributed by atoms with Crippen molar-refractivity contribution in [2.75, 3.05) is 18.0 Å². The first-order valence-corrected chi connectivity index (χ1v) is 10.4. The number of rotatable bonds is 3. The van der Waals surface area contributed by atoms with Crippen molar-refractivity contribution in [1.29, 1.82) is 0 Å². The third-order valence-electron chi connectivity index (χ3n) is 6.30. The average Bonchev–Trinajstić information content (AvgIpc) is 3.08. The fraction of sp³-hybridized carbons (Fsp3) is 0.500. The fourth-order valence-electron chi connectivity index (χ4n) is 4.57. The summed E-state index contributed by atoms with van der Waals surface area (Å²) >= 11 is 0. The van der Waals surface area contributed by atoms with Gasteiger partial charge in [-0.05, 0) is 57.2 Å². The Labute approximate surface area is 165 Å². The van der Waals surface area contributed by atoms with Gasteiger partial charge in [0, 0.05) is 42.7 Å². The van der Waals surface area contributed by atoms with Crippen LogP contribution in [0.25, 0.3) is 11.0 Å². The second-order valence-electron chi connectivity index (χ2n) is 8.53. The number of H-pyrrole nitrogens is 1. The smallest absolute Gasteiger partial charge is 0.132 e. The molecule has 2 aromatic heterocycles. The number of nitrogens with zero attached hydrogens (tertiary/aromatic N) is 4. The lowest BCUT2D eigenvalue weighted by atomic mass is 9.78. The van der Waals surface area contributed by atoms with Crippen molar-refractivity contribution in [2.45, 2.75) is 57.4 Å². The third kappa shape index (κ3) is 3.26. The number of piperidine rings is 1. The van der Waals surface area contributed by atoms with E-state index in [1.807, 2.05) is 6.92 Å². The zero-order chi connectivity index (χ0) is 19.3. The second-order valence-corrected chi connectivity index (χ2v) is 8.53. The molecule has 5 rings (SSSR count). The molecule has 3 N–H and O–H groups in total. The highest BCUT2D eigenvalue weighted by molar-refractivity contribution is 5.75. The normalized spacial score (nSPS) is 23.2. The minimum Gasteiger partial charge on any atom is -0.356 e. The van der Waals surface area contributed by atoms with Gasteiger partial charge in [-0.3, -0.25) is 0 Å². The van der Waals surface area contributed by atoms with E-state index in [1.165, 1.54) is 11.3 Å². The van der Waals surface area contributed by atoms with Crippen molar-refractivity contribution in [3.05, 3.63) is 47.2 Å². The minimum atomic E-state index is 0.340. The van der Waals surface area contributed by atoms with Crippen LogP contribution in [0.3, 0.4) is 0 Å². The Kier molecular flexibility index (Phi) is 4.31. The van der Waals surface area contributed by atoms with Crippen LogP contribution in [-0.2, 0) is 0 Å². The van der Waals surface area contributed by atoms with Gasteiger partial charge in [0.2, 0.25) is 0 Å². The van der Waals surface area contributed by atoms with Gasteiger partial charge in [0.25, 0.3) is 0 Å². The maximum absolute atomic E-state index is 5.97. The lowest BCUT2D eigenvalue weighted by Gasteiger charge is -2.34. The molecule has 0 amide bonds. The Balaban J connectivity index is 1.30. The summed E-state index contributed by atoms with van der Waals surface area (Å²) in [5.41, 5.74) is 10.6. The molecule has 3 aromatic rings. The van der Waals surface area contributed by atoms with E-state index in [9.17, 15) is 0 Å². The quantitative estimate of drug-likeness (QED) is 0.730. The van der Waals surface area contributed by atoms with E-state index in [2.05, 4.69) is 46.1 Å². The van der Waals surface area contributed by atoms with Gasteiger partial charge in [-0.2, -0.15) is 0 Å². The molecule has 28 heavy (non-hydrogen) atoms. The summed E-state index contributed by atoms with van der Waals surface area (Å²) in [6.45, 7) is 6.12. The van der Waals surface area contributed by atoms with Gasteiger partial charge in [0.05, 0.1) is 11.0 Å². The van der Waals surface area contributed by atoms with E-state index < -0.39 is 0 Å². The fourth-order valence-corrected chi connectivity index (χ4v) is 4.57. The van der Waals surface area contributed by atoms with Crippen molar-refractivity contribution in [3.8, 4) is 0 Å². The Bertz CT molecular complexity index is 995. The van der Waals surface area contributed by atoms with E-state index in [0.29, 0.717) is 17.9 Å². The zero-order valence-corrected chi connectivity index (χ0v) is 16.7. The van der Waals surface area contributed by atoms with E-state index in [4.69, 9.17) is 15.7 Å². The molecular formula is C22H28N6. The SMILES string of the molecule is Cc1ccc2nc(C3CCN(c4cc(C5CC(N)C5)nc(C)n4)CC3)[nH]c2c1. The number of benzene rings is 1. The second kappa shape index (κ2) is 6.85. The molecule has 6 nitrogen and oxygen atoms in total. The molecule has 1 aromatic carbocycles. The molecule has 2 aliphatic rings. The molecule has 3 heterocycles. The predicted octanol–water partition coefficient (Wildman–Crippen LogP) is 3.56. The number of aryl methyl sites for hydroxylation is 2. The summed E-state index contributed by atoms with van der Waals surface area (Å²) in [6, 6.07) is 8.94. The topological polar surface area (TPSA) is 83.7 Å². The summed E-state index contributed by atoms with van der Waals surface area (Å²) in [5.74, 6) is 4.05. The van der Waals surface area contributed by atoms with E-state index in [1.54, 1.807) is 0 Å². The van der Waals surface area contributed by atoms with Crippen molar-refractivity contribution in [2.24, 2.45) is 5.73 Å². The Morgan fingerprint density at radius 1 is 1.00 bits per heavy atom. The number of nitrogens with two attached hydrogens (primary N) is 1. The molecule has 1 saturated carbocycles. The van der Waals surface area contributed by atoms with Crippen molar-refractivity contribution < 1.29 is 0 Å². The van der Waals surface area contributed by atoms with Crippen LogP contribution < -0.4 is 10.6 Å². The molecule has 0 spiro atoms. The van der Waals surface area contributed by atoms with Crippen LogP contribution in [0.5, 0.6) is 0 Å². The number of aromatic nitrogens is 4. The first kappa shape index (κ1) is 17.6. The van der Waals surface area contributed by atoms with E-state index in [-0.39, 0.29) is 0 Å². The highest BCUT2D eigenvalue weighted by Crippen LogP contribution is 2.36. The van der Waals surface area contributed by atoms with Gasteiger partial charge < -0.3 is 15.6 Å². The lowest BCUT2D eigenvalue weighted by molar-refractivity contribution is 0.344. The van der Waals surface area contributed by atoms with Crippen LogP contribution in [0.1, 0.15) is 60.4 Å². The summed E-state index contributed by atoms with van der Waals surface area (Å²) in [6.07, 6.45) is 4.27. The Hall–Kier alpha value is -2.47. The molecule has 1 aliphatic carbocycles.